The number of aryl methyl sites for hydroxylation is 4. The third-order valence-corrected chi connectivity index (χ3v) is 10.2. The van der Waals surface area contributed by atoms with Gasteiger partial charge in [0, 0.05) is 23.7 Å². The van der Waals surface area contributed by atoms with Crippen LogP contribution in [0.3, 0.4) is 0 Å². The van der Waals surface area contributed by atoms with Crippen molar-refractivity contribution in [2.24, 2.45) is 16.2 Å². The summed E-state index contributed by atoms with van der Waals surface area (Å²) < 4.78 is 36.1. The molecule has 0 radical (unpaired) electrons. The van der Waals surface area contributed by atoms with E-state index in [-0.39, 0.29) is 58.7 Å². The molecule has 2 fully saturated rings. The number of benzene rings is 2. The van der Waals surface area contributed by atoms with Gasteiger partial charge in [0.25, 0.3) is 0 Å². The average molecular weight is 775 g/mol. The van der Waals surface area contributed by atoms with Gasteiger partial charge in [0.2, 0.25) is 0 Å². The predicted molar refractivity (Wildman–Crippen MR) is 214 cm³/mol. The van der Waals surface area contributed by atoms with Crippen LogP contribution in [0.25, 0.3) is 0 Å². The SMILES string of the molecule is Cc1cc(CCC(=O)OCC(C)(C)C2OCC3(CO2)COC(C(C)(C)COC(=O)CCc2cc(C)c(O)c(C(C)(C)C)c2)OC3)cc(C(C)(C)C)c1O.P. The molecule has 1 spiro atoms. The molecule has 1 unspecified atom stereocenters. The maximum Gasteiger partial charge on any atom is 0.306 e. The number of hydrogen-bond donors (Lipinski definition) is 2. The van der Waals surface area contributed by atoms with E-state index in [0.29, 0.717) is 50.8 Å². The van der Waals surface area contributed by atoms with Crippen LogP contribution in [0, 0.1) is 30.1 Å². The second kappa shape index (κ2) is 17.6. The van der Waals surface area contributed by atoms with Gasteiger partial charge in [0.05, 0.1) is 31.8 Å². The molecule has 2 aliphatic rings. The van der Waals surface area contributed by atoms with Crippen molar-refractivity contribution in [1.29, 1.82) is 0 Å². The predicted octanol–water partition coefficient (Wildman–Crippen LogP) is 7.80. The summed E-state index contributed by atoms with van der Waals surface area (Å²) in [5, 5.41) is 21.0. The van der Waals surface area contributed by atoms with Crippen LogP contribution in [-0.2, 0) is 61.7 Å². The summed E-state index contributed by atoms with van der Waals surface area (Å²) in [4.78, 5) is 25.5. The minimum Gasteiger partial charge on any atom is -0.507 e. The number of ether oxygens (including phenoxy) is 6. The zero-order chi connectivity index (χ0) is 39.6. The van der Waals surface area contributed by atoms with Gasteiger partial charge in [-0.05, 0) is 70.9 Å². The number of rotatable bonds is 12. The number of carbonyl (C=O) groups excluding carboxylic acids is 2. The van der Waals surface area contributed by atoms with E-state index >= 15 is 0 Å². The summed E-state index contributed by atoms with van der Waals surface area (Å²) in [5.41, 5.74) is 3.20. The van der Waals surface area contributed by atoms with Crippen LogP contribution >= 0.6 is 9.90 Å². The number of esters is 2. The molecule has 0 amide bonds. The summed E-state index contributed by atoms with van der Waals surface area (Å²) >= 11 is 0. The van der Waals surface area contributed by atoms with Gasteiger partial charge < -0.3 is 38.6 Å². The maximum atomic E-state index is 12.7. The molecule has 0 saturated carbocycles. The molecular weight excluding hydrogens is 707 g/mol. The molecule has 2 aromatic carbocycles. The Morgan fingerprint density at radius 1 is 0.630 bits per heavy atom. The first-order chi connectivity index (χ1) is 24.4. The fourth-order valence-electron chi connectivity index (χ4n) is 6.71. The third-order valence-electron chi connectivity index (χ3n) is 10.2. The first-order valence-corrected chi connectivity index (χ1v) is 18.9. The highest BCUT2D eigenvalue weighted by Crippen LogP contribution is 2.39. The van der Waals surface area contributed by atoms with E-state index in [1.54, 1.807) is 0 Å². The third kappa shape index (κ3) is 11.6. The fourth-order valence-corrected chi connectivity index (χ4v) is 6.71. The highest BCUT2D eigenvalue weighted by molar-refractivity contribution is 6.92. The Morgan fingerprint density at radius 2 is 0.944 bits per heavy atom. The minimum atomic E-state index is -0.591. The van der Waals surface area contributed by atoms with Crippen molar-refractivity contribution < 1.29 is 48.2 Å². The Hall–Kier alpha value is -2.75. The number of phenolic OH excluding ortho intramolecular Hbond substituents is 2. The Balaban J connectivity index is 0.00000784. The van der Waals surface area contributed by atoms with Crippen molar-refractivity contribution in [3.05, 3.63) is 57.6 Å². The van der Waals surface area contributed by atoms with Crippen LogP contribution in [0.2, 0.25) is 0 Å². The lowest BCUT2D eigenvalue weighted by atomic mass is 9.83. The van der Waals surface area contributed by atoms with Crippen molar-refractivity contribution in [3.63, 3.8) is 0 Å². The van der Waals surface area contributed by atoms with E-state index in [0.717, 1.165) is 33.4 Å². The number of aromatic hydroxyl groups is 2. The second-order valence-electron chi connectivity index (χ2n) is 18.8. The van der Waals surface area contributed by atoms with Crippen molar-refractivity contribution in [2.45, 2.75) is 132 Å². The summed E-state index contributed by atoms with van der Waals surface area (Å²) in [5.74, 6) is 0.00206. The second-order valence-corrected chi connectivity index (χ2v) is 18.8. The normalized spacial score (nSPS) is 21.0. The zero-order valence-electron chi connectivity index (χ0n) is 34.9. The van der Waals surface area contributed by atoms with Gasteiger partial charge in [0.15, 0.2) is 12.6 Å². The molecule has 304 valence electrons. The quantitative estimate of drug-likeness (QED) is 0.163. The molecule has 0 bridgehead atoms. The van der Waals surface area contributed by atoms with E-state index in [4.69, 9.17) is 28.4 Å². The Bertz CT molecular complexity index is 1480. The first-order valence-electron chi connectivity index (χ1n) is 18.9. The molecule has 4 rings (SSSR count). The molecule has 0 aliphatic carbocycles. The lowest BCUT2D eigenvalue weighted by Gasteiger charge is -2.48. The number of hydrogen-bond acceptors (Lipinski definition) is 10. The smallest absolute Gasteiger partial charge is 0.306 e. The fraction of sp³-hybridized carbons (Fsp3) is 0.674. The van der Waals surface area contributed by atoms with Crippen LogP contribution in [0.5, 0.6) is 11.5 Å². The molecule has 2 heterocycles. The zero-order valence-corrected chi connectivity index (χ0v) is 36.3. The molecular formula is C43H67O10P. The molecule has 1 atom stereocenters. The lowest BCUT2D eigenvalue weighted by molar-refractivity contribution is -0.337. The van der Waals surface area contributed by atoms with E-state index in [9.17, 15) is 19.8 Å². The standard InChI is InChI=1S/C43H64O10.H3P/c1-27-17-29(19-31(35(27)46)39(3,4)5)13-15-33(44)48-21-41(9,10)37-50-23-43(24-51-37)25-52-38(53-26-43)42(11,12)22-49-34(45)16-14-30-18-28(2)36(47)32(20-30)40(6,7)8;/h17-20,37-38,46-47H,13-16,21-26H2,1-12H3;1H3. The molecule has 10 nitrogen and oxygen atoms in total. The van der Waals surface area contributed by atoms with Crippen molar-refractivity contribution in [1.82, 2.24) is 0 Å². The Labute approximate surface area is 326 Å². The van der Waals surface area contributed by atoms with Crippen molar-refractivity contribution >= 4 is 21.8 Å². The number of carbonyl (C=O) groups is 2. The molecule has 54 heavy (non-hydrogen) atoms. The summed E-state index contributed by atoms with van der Waals surface area (Å²) in [6.07, 6.45) is 0.332. The maximum absolute atomic E-state index is 12.7. The van der Waals surface area contributed by atoms with Crippen LogP contribution in [0.1, 0.15) is 115 Å². The van der Waals surface area contributed by atoms with E-state index in [1.807, 2.05) is 65.8 Å². The molecule has 11 heteroatoms. The highest BCUT2D eigenvalue weighted by Gasteiger charge is 2.48. The Morgan fingerprint density at radius 3 is 1.24 bits per heavy atom. The summed E-state index contributed by atoms with van der Waals surface area (Å²) in [7, 11) is 0. The van der Waals surface area contributed by atoms with Gasteiger partial charge in [0.1, 0.15) is 24.7 Å². The van der Waals surface area contributed by atoms with Crippen molar-refractivity contribution in [2.75, 3.05) is 39.6 Å². The highest BCUT2D eigenvalue weighted by atomic mass is 31.0. The average Bonchev–Trinajstić information content (AvgIpc) is 3.06. The van der Waals surface area contributed by atoms with Gasteiger partial charge in [-0.3, -0.25) is 9.59 Å². The van der Waals surface area contributed by atoms with Gasteiger partial charge in [-0.1, -0.05) is 93.5 Å². The monoisotopic (exact) mass is 774 g/mol. The molecule has 2 aliphatic heterocycles. The van der Waals surface area contributed by atoms with Gasteiger partial charge in [-0.25, -0.2) is 0 Å². The minimum absolute atomic E-state index is 0. The molecule has 0 aromatic heterocycles. The largest absolute Gasteiger partial charge is 0.507 e. The lowest BCUT2D eigenvalue weighted by Crippen LogP contribution is -2.57. The molecule has 2 N–H and O–H groups in total. The van der Waals surface area contributed by atoms with Crippen LogP contribution in [0.4, 0.5) is 0 Å². The molecule has 2 saturated heterocycles. The van der Waals surface area contributed by atoms with Gasteiger partial charge >= 0.3 is 11.9 Å². The first kappa shape index (κ1) is 45.6. The molecule has 2 aromatic rings. The topological polar surface area (TPSA) is 130 Å². The van der Waals surface area contributed by atoms with Crippen LogP contribution in [-0.4, -0.2) is 74.4 Å². The number of phenols is 2. The van der Waals surface area contributed by atoms with E-state index in [1.165, 1.54) is 0 Å². The van der Waals surface area contributed by atoms with Crippen molar-refractivity contribution in [3.8, 4) is 11.5 Å². The van der Waals surface area contributed by atoms with Crippen LogP contribution in [0.15, 0.2) is 24.3 Å². The summed E-state index contributed by atoms with van der Waals surface area (Å²) in [6.45, 7) is 25.6. The summed E-state index contributed by atoms with van der Waals surface area (Å²) in [6, 6.07) is 7.79. The van der Waals surface area contributed by atoms with E-state index < -0.39 is 28.8 Å². The van der Waals surface area contributed by atoms with Gasteiger partial charge in [-0.2, -0.15) is 9.90 Å². The van der Waals surface area contributed by atoms with Gasteiger partial charge in [-0.15, -0.1) is 0 Å². The van der Waals surface area contributed by atoms with E-state index in [2.05, 4.69) is 41.5 Å². The Kier molecular flexibility index (Phi) is 14.9. The van der Waals surface area contributed by atoms with Crippen LogP contribution < -0.4 is 0 Å².